The lowest BCUT2D eigenvalue weighted by Gasteiger charge is -2.12. The lowest BCUT2D eigenvalue weighted by atomic mass is 10.0. The molecule has 0 aromatic carbocycles. The third-order valence-electron chi connectivity index (χ3n) is 3.16. The van der Waals surface area contributed by atoms with E-state index in [4.69, 9.17) is 0 Å². The maximum atomic E-state index is 13.5. The Labute approximate surface area is 132 Å². The molecule has 8 nitrogen and oxygen atoms in total. The van der Waals surface area contributed by atoms with Crippen LogP contribution in [0.1, 0.15) is 46.2 Å². The molecule has 23 heavy (non-hydrogen) atoms. The molecular weight excluding hydrogens is 303 g/mol. The molecule has 0 saturated heterocycles. The number of rotatable bonds is 4. The number of hydrogen-bond donors (Lipinski definition) is 2. The second kappa shape index (κ2) is 6.51. The maximum absolute atomic E-state index is 13.5. The van der Waals surface area contributed by atoms with Gasteiger partial charge in [0.25, 0.3) is 11.8 Å². The molecule has 9 heteroatoms. The summed E-state index contributed by atoms with van der Waals surface area (Å²) in [6.45, 7) is 3.77. The molecule has 2 N–H and O–H groups in total. The number of hydrogen-bond acceptors (Lipinski definition) is 5. The first-order valence-electron chi connectivity index (χ1n) is 6.93. The van der Waals surface area contributed by atoms with E-state index in [1.807, 2.05) is 13.8 Å². The van der Waals surface area contributed by atoms with E-state index < -0.39 is 11.9 Å². The Hall–Kier alpha value is -2.84. The number of carbonyl (C=O) groups is 2. The van der Waals surface area contributed by atoms with Gasteiger partial charge in [0, 0.05) is 20.3 Å². The van der Waals surface area contributed by atoms with Crippen LogP contribution in [0.4, 0.5) is 10.2 Å². The molecule has 0 aliphatic heterocycles. The van der Waals surface area contributed by atoms with Gasteiger partial charge in [-0.1, -0.05) is 13.8 Å². The quantitative estimate of drug-likeness (QED) is 0.878. The van der Waals surface area contributed by atoms with Crippen LogP contribution in [-0.2, 0) is 7.05 Å². The van der Waals surface area contributed by atoms with Crippen LogP contribution in [0.2, 0.25) is 0 Å². The summed E-state index contributed by atoms with van der Waals surface area (Å²) in [5.41, 5.74) is 0.616. The highest BCUT2D eigenvalue weighted by atomic mass is 19.1. The van der Waals surface area contributed by atoms with Crippen molar-refractivity contribution in [3.63, 3.8) is 0 Å². The summed E-state index contributed by atoms with van der Waals surface area (Å²) in [7, 11) is 3.00. The van der Waals surface area contributed by atoms with Gasteiger partial charge >= 0.3 is 0 Å². The summed E-state index contributed by atoms with van der Waals surface area (Å²) in [6.07, 6.45) is 1.26. The summed E-state index contributed by atoms with van der Waals surface area (Å²) >= 11 is 0. The summed E-state index contributed by atoms with van der Waals surface area (Å²) in [6, 6.07) is 1.55. The van der Waals surface area contributed by atoms with Gasteiger partial charge in [-0.3, -0.25) is 14.3 Å². The summed E-state index contributed by atoms with van der Waals surface area (Å²) in [5.74, 6) is -1.80. The van der Waals surface area contributed by atoms with Crippen LogP contribution in [0.3, 0.4) is 0 Å². The number of amides is 2. The van der Waals surface area contributed by atoms with E-state index in [0.717, 1.165) is 0 Å². The molecule has 2 aromatic heterocycles. The Morgan fingerprint density at radius 2 is 1.96 bits per heavy atom. The molecule has 0 aliphatic carbocycles. The lowest BCUT2D eigenvalue weighted by Crippen LogP contribution is -2.23. The van der Waals surface area contributed by atoms with Crippen LogP contribution in [0, 0.1) is 5.95 Å². The zero-order valence-electron chi connectivity index (χ0n) is 13.2. The monoisotopic (exact) mass is 320 g/mol. The topological polar surface area (TPSA) is 102 Å². The molecule has 0 aliphatic rings. The van der Waals surface area contributed by atoms with Crippen LogP contribution in [0.25, 0.3) is 0 Å². The molecule has 0 bridgehead atoms. The van der Waals surface area contributed by atoms with Gasteiger partial charge in [-0.25, -0.2) is 0 Å². The molecule has 2 heterocycles. The molecule has 0 atom stereocenters. The van der Waals surface area contributed by atoms with Crippen LogP contribution >= 0.6 is 0 Å². The van der Waals surface area contributed by atoms with Crippen molar-refractivity contribution in [1.82, 2.24) is 25.3 Å². The number of aromatic nitrogens is 4. The Morgan fingerprint density at radius 3 is 2.48 bits per heavy atom. The first-order valence-corrected chi connectivity index (χ1v) is 6.93. The number of carbonyl (C=O) groups excluding carboxylic acids is 2. The van der Waals surface area contributed by atoms with Crippen molar-refractivity contribution < 1.29 is 14.0 Å². The van der Waals surface area contributed by atoms with Gasteiger partial charge in [0.15, 0.2) is 11.5 Å². The second-order valence-corrected chi connectivity index (χ2v) is 5.23. The highest BCUT2D eigenvalue weighted by Gasteiger charge is 2.19. The SMILES string of the molecule is CNC(=O)c1nnc(NC(=O)c2cn(C)nc2F)cc1C(C)C. The average Bonchev–Trinajstić information content (AvgIpc) is 2.85. The fourth-order valence-electron chi connectivity index (χ4n) is 2.00. The first-order chi connectivity index (χ1) is 10.8. The first kappa shape index (κ1) is 16.5. The predicted molar refractivity (Wildman–Crippen MR) is 80.6 cm³/mol. The summed E-state index contributed by atoms with van der Waals surface area (Å²) in [5, 5.41) is 16.1. The van der Waals surface area contributed by atoms with Crippen molar-refractivity contribution in [2.45, 2.75) is 19.8 Å². The van der Waals surface area contributed by atoms with Crippen LogP contribution in [0.15, 0.2) is 12.3 Å². The molecule has 0 unspecified atom stereocenters. The standard InChI is InChI=1S/C14H17FN6O2/c1-7(2)8-5-10(18-19-11(8)14(23)16-3)17-13(22)9-6-21(4)20-12(9)15/h5-7H,1-4H3,(H,16,23)(H,17,18,22). The number of aryl methyl sites for hydroxylation is 1. The molecule has 0 fully saturated rings. The van der Waals surface area contributed by atoms with Gasteiger partial charge in [-0.2, -0.15) is 4.39 Å². The fraction of sp³-hybridized carbons (Fsp3) is 0.357. The van der Waals surface area contributed by atoms with Crippen LogP contribution in [0.5, 0.6) is 0 Å². The highest BCUT2D eigenvalue weighted by molar-refractivity contribution is 6.03. The van der Waals surface area contributed by atoms with E-state index in [2.05, 4.69) is 25.9 Å². The zero-order chi connectivity index (χ0) is 17.1. The zero-order valence-corrected chi connectivity index (χ0v) is 13.2. The van der Waals surface area contributed by atoms with E-state index >= 15 is 0 Å². The minimum Gasteiger partial charge on any atom is -0.354 e. The Bertz CT molecular complexity index is 756. The molecule has 0 saturated carbocycles. The largest absolute Gasteiger partial charge is 0.354 e. The predicted octanol–water partition coefficient (Wildman–Crippen LogP) is 1.08. The van der Waals surface area contributed by atoms with Gasteiger partial charge < -0.3 is 10.6 Å². The number of nitrogens with zero attached hydrogens (tertiary/aromatic N) is 4. The van der Waals surface area contributed by atoms with Gasteiger partial charge in [0.05, 0.1) is 0 Å². The fourth-order valence-corrected chi connectivity index (χ4v) is 2.00. The molecule has 122 valence electrons. The van der Waals surface area contributed by atoms with Crippen molar-refractivity contribution in [2.24, 2.45) is 7.05 Å². The summed E-state index contributed by atoms with van der Waals surface area (Å²) in [4.78, 5) is 23.8. The van der Waals surface area contributed by atoms with Crippen molar-refractivity contribution in [3.8, 4) is 0 Å². The van der Waals surface area contributed by atoms with Gasteiger partial charge in [-0.15, -0.1) is 15.3 Å². The maximum Gasteiger partial charge on any atom is 0.271 e. The minimum absolute atomic E-state index is 0.0106. The molecule has 0 radical (unpaired) electrons. The van der Waals surface area contributed by atoms with E-state index in [0.29, 0.717) is 5.56 Å². The van der Waals surface area contributed by atoms with Gasteiger partial charge in [0.1, 0.15) is 5.56 Å². The second-order valence-electron chi connectivity index (χ2n) is 5.23. The number of halogens is 1. The number of anilines is 1. The Kier molecular flexibility index (Phi) is 4.68. The van der Waals surface area contributed by atoms with Crippen molar-refractivity contribution in [2.75, 3.05) is 12.4 Å². The van der Waals surface area contributed by atoms with Crippen LogP contribution < -0.4 is 10.6 Å². The third-order valence-corrected chi connectivity index (χ3v) is 3.16. The van der Waals surface area contributed by atoms with Crippen molar-refractivity contribution >= 4 is 17.6 Å². The summed E-state index contributed by atoms with van der Waals surface area (Å²) < 4.78 is 14.7. The normalized spacial score (nSPS) is 10.7. The van der Waals surface area contributed by atoms with E-state index in [1.165, 1.54) is 25.0 Å². The van der Waals surface area contributed by atoms with E-state index in [1.54, 1.807) is 6.07 Å². The molecule has 0 spiro atoms. The van der Waals surface area contributed by atoms with Crippen molar-refractivity contribution in [3.05, 3.63) is 35.0 Å². The lowest BCUT2D eigenvalue weighted by molar-refractivity contribution is 0.0955. The number of nitrogens with one attached hydrogen (secondary N) is 2. The molecule has 2 rings (SSSR count). The van der Waals surface area contributed by atoms with Crippen molar-refractivity contribution in [1.29, 1.82) is 0 Å². The average molecular weight is 320 g/mol. The molecule has 2 amide bonds. The van der Waals surface area contributed by atoms with Gasteiger partial charge in [0.2, 0.25) is 5.95 Å². The molecule has 2 aromatic rings. The molecular formula is C14H17FN6O2. The van der Waals surface area contributed by atoms with E-state index in [9.17, 15) is 14.0 Å². The minimum atomic E-state index is -0.871. The highest BCUT2D eigenvalue weighted by Crippen LogP contribution is 2.20. The van der Waals surface area contributed by atoms with E-state index in [-0.39, 0.29) is 28.9 Å². The van der Waals surface area contributed by atoms with Gasteiger partial charge in [-0.05, 0) is 17.5 Å². The van der Waals surface area contributed by atoms with Crippen LogP contribution in [-0.4, -0.2) is 38.8 Å². The Balaban J connectivity index is 2.30. The third kappa shape index (κ3) is 3.50. The Morgan fingerprint density at radius 1 is 1.26 bits per heavy atom. The smallest absolute Gasteiger partial charge is 0.271 e.